The Morgan fingerprint density at radius 3 is 2.15 bits per heavy atom. The zero-order valence-electron chi connectivity index (χ0n) is 10.0. The van der Waals surface area contributed by atoms with E-state index in [4.69, 9.17) is 17.3 Å². The highest BCUT2D eigenvalue weighted by atomic mass is 35.5. The molecule has 0 spiro atoms. The Morgan fingerprint density at radius 2 is 1.65 bits per heavy atom. The van der Waals surface area contributed by atoms with E-state index in [1.807, 2.05) is 0 Å². The third-order valence-electron chi connectivity index (χ3n) is 2.73. The lowest BCUT2D eigenvalue weighted by Gasteiger charge is -2.08. The van der Waals surface area contributed by atoms with Gasteiger partial charge in [0.25, 0.3) is 0 Å². The molecule has 0 heterocycles. The fourth-order valence-corrected chi connectivity index (χ4v) is 1.89. The first-order valence-electron chi connectivity index (χ1n) is 5.56. The van der Waals surface area contributed by atoms with E-state index in [1.54, 1.807) is 0 Å². The Kier molecular flexibility index (Phi) is 3.72. The summed E-state index contributed by atoms with van der Waals surface area (Å²) >= 11 is 5.72. The van der Waals surface area contributed by atoms with Crippen molar-refractivity contribution < 1.29 is 18.0 Å². The fourth-order valence-electron chi connectivity index (χ4n) is 1.71. The van der Waals surface area contributed by atoms with Crippen LogP contribution >= 0.6 is 11.6 Å². The Morgan fingerprint density at radius 1 is 1.05 bits per heavy atom. The van der Waals surface area contributed by atoms with Crippen LogP contribution in [0.2, 0.25) is 5.02 Å². The van der Waals surface area contributed by atoms with Gasteiger partial charge in [0.2, 0.25) is 0 Å². The van der Waals surface area contributed by atoms with Gasteiger partial charge in [0.05, 0.1) is 5.56 Å². The monoisotopic (exact) mass is 299 g/mol. The lowest BCUT2D eigenvalue weighted by Crippen LogP contribution is -2.08. The van der Waals surface area contributed by atoms with Crippen molar-refractivity contribution in [3.63, 3.8) is 0 Å². The van der Waals surface area contributed by atoms with Crippen molar-refractivity contribution in [1.29, 1.82) is 0 Å². The van der Waals surface area contributed by atoms with Gasteiger partial charge in [-0.1, -0.05) is 23.7 Å². The first-order valence-corrected chi connectivity index (χ1v) is 5.94. The molecule has 2 nitrogen and oxygen atoms in total. The lowest BCUT2D eigenvalue weighted by atomic mass is 10.0. The Balaban J connectivity index is 2.34. The first kappa shape index (κ1) is 14.4. The van der Waals surface area contributed by atoms with Crippen LogP contribution < -0.4 is 5.73 Å². The summed E-state index contributed by atoms with van der Waals surface area (Å²) in [4.78, 5) is 12.1. The molecular weight excluding hydrogens is 291 g/mol. The molecule has 0 amide bonds. The van der Waals surface area contributed by atoms with Crippen molar-refractivity contribution >= 4 is 23.1 Å². The van der Waals surface area contributed by atoms with Gasteiger partial charge >= 0.3 is 6.18 Å². The predicted octanol–water partition coefficient (Wildman–Crippen LogP) is 4.17. The third-order valence-corrected chi connectivity index (χ3v) is 2.97. The minimum Gasteiger partial charge on any atom is -0.398 e. The second kappa shape index (κ2) is 5.17. The van der Waals surface area contributed by atoms with Crippen molar-refractivity contribution in [2.24, 2.45) is 0 Å². The molecule has 2 rings (SSSR count). The molecule has 0 bridgehead atoms. The number of halogens is 4. The van der Waals surface area contributed by atoms with Gasteiger partial charge in [-0.2, -0.15) is 13.2 Å². The average molecular weight is 300 g/mol. The molecule has 2 aromatic rings. The molecule has 0 saturated carbocycles. The predicted molar refractivity (Wildman–Crippen MR) is 70.7 cm³/mol. The van der Waals surface area contributed by atoms with Crippen LogP contribution in [-0.2, 0) is 6.18 Å². The average Bonchev–Trinajstić information content (AvgIpc) is 2.37. The van der Waals surface area contributed by atoms with Crippen molar-refractivity contribution in [2.75, 3.05) is 5.73 Å². The second-order valence-corrected chi connectivity index (χ2v) is 4.57. The van der Waals surface area contributed by atoms with E-state index in [0.717, 1.165) is 24.3 Å². The Labute approximate surface area is 118 Å². The minimum absolute atomic E-state index is 0.132. The number of benzene rings is 2. The molecule has 0 radical (unpaired) electrons. The number of hydrogen-bond acceptors (Lipinski definition) is 2. The maximum absolute atomic E-state index is 12.4. The van der Waals surface area contributed by atoms with E-state index in [1.165, 1.54) is 18.2 Å². The summed E-state index contributed by atoms with van der Waals surface area (Å²) in [6.07, 6.45) is -4.43. The summed E-state index contributed by atoms with van der Waals surface area (Å²) in [6, 6.07) is 8.32. The maximum Gasteiger partial charge on any atom is 0.416 e. The number of carbonyl (C=O) groups excluding carboxylic acids is 1. The van der Waals surface area contributed by atoms with Gasteiger partial charge in [-0.25, -0.2) is 0 Å². The van der Waals surface area contributed by atoms with Crippen LogP contribution in [0.15, 0.2) is 42.5 Å². The third kappa shape index (κ3) is 2.93. The van der Waals surface area contributed by atoms with Gasteiger partial charge in [0.15, 0.2) is 5.78 Å². The van der Waals surface area contributed by atoms with Gasteiger partial charge in [0, 0.05) is 21.8 Å². The number of anilines is 1. The minimum atomic E-state index is -4.43. The second-order valence-electron chi connectivity index (χ2n) is 4.14. The van der Waals surface area contributed by atoms with Gasteiger partial charge in [0.1, 0.15) is 0 Å². The summed E-state index contributed by atoms with van der Waals surface area (Å²) in [7, 11) is 0. The van der Waals surface area contributed by atoms with Crippen LogP contribution in [0.3, 0.4) is 0 Å². The number of rotatable bonds is 2. The molecule has 0 saturated heterocycles. The topological polar surface area (TPSA) is 43.1 Å². The molecule has 104 valence electrons. The first-order chi connectivity index (χ1) is 9.29. The summed E-state index contributed by atoms with van der Waals surface area (Å²) in [5.41, 5.74) is 5.38. The smallest absolute Gasteiger partial charge is 0.398 e. The molecule has 0 fully saturated rings. The van der Waals surface area contributed by atoms with Crippen molar-refractivity contribution in [2.45, 2.75) is 6.18 Å². The zero-order valence-corrected chi connectivity index (χ0v) is 10.8. The highest BCUT2D eigenvalue weighted by Gasteiger charge is 2.30. The summed E-state index contributed by atoms with van der Waals surface area (Å²) in [5.74, 6) is -0.451. The number of nitrogens with two attached hydrogens (primary N) is 1. The van der Waals surface area contributed by atoms with E-state index in [0.29, 0.717) is 5.02 Å². The molecular formula is C14H9ClF3NO. The number of hydrogen-bond donors (Lipinski definition) is 1. The molecule has 0 aliphatic heterocycles. The van der Waals surface area contributed by atoms with E-state index in [-0.39, 0.29) is 16.8 Å². The quantitative estimate of drug-likeness (QED) is 0.668. The van der Waals surface area contributed by atoms with E-state index in [2.05, 4.69) is 0 Å². The molecule has 2 aromatic carbocycles. The molecule has 0 aliphatic rings. The van der Waals surface area contributed by atoms with Gasteiger partial charge in [-0.15, -0.1) is 0 Å². The highest BCUT2D eigenvalue weighted by molar-refractivity contribution is 6.31. The standard InChI is InChI=1S/C14H9ClF3NO/c15-10-5-6-11(12(19)7-10)13(20)8-1-3-9(4-2-8)14(16,17)18/h1-7H,19H2. The number of carbonyl (C=O) groups is 1. The van der Waals surface area contributed by atoms with Gasteiger partial charge in [-0.3, -0.25) is 4.79 Å². The normalized spacial score (nSPS) is 11.4. The fraction of sp³-hybridized carbons (Fsp3) is 0.0714. The Hall–Kier alpha value is -2.01. The van der Waals surface area contributed by atoms with Crippen LogP contribution in [0.4, 0.5) is 18.9 Å². The summed E-state index contributed by atoms with van der Waals surface area (Å²) < 4.78 is 37.3. The SMILES string of the molecule is Nc1cc(Cl)ccc1C(=O)c1ccc(C(F)(F)F)cc1. The van der Waals surface area contributed by atoms with Crippen LogP contribution in [0, 0.1) is 0 Å². The van der Waals surface area contributed by atoms with E-state index < -0.39 is 17.5 Å². The molecule has 20 heavy (non-hydrogen) atoms. The lowest BCUT2D eigenvalue weighted by molar-refractivity contribution is -0.137. The van der Waals surface area contributed by atoms with Crippen molar-refractivity contribution in [1.82, 2.24) is 0 Å². The van der Waals surface area contributed by atoms with Gasteiger partial charge in [-0.05, 0) is 30.3 Å². The number of nitrogen functional groups attached to an aromatic ring is 1. The zero-order chi connectivity index (χ0) is 14.9. The van der Waals surface area contributed by atoms with Crippen LogP contribution in [0.1, 0.15) is 21.5 Å². The molecule has 6 heteroatoms. The molecule has 2 N–H and O–H groups in total. The van der Waals surface area contributed by atoms with Crippen molar-refractivity contribution in [3.05, 3.63) is 64.2 Å². The highest BCUT2D eigenvalue weighted by Crippen LogP contribution is 2.29. The molecule has 0 aliphatic carbocycles. The Bertz CT molecular complexity index is 650. The van der Waals surface area contributed by atoms with Gasteiger partial charge < -0.3 is 5.73 Å². The van der Waals surface area contributed by atoms with E-state index >= 15 is 0 Å². The molecule has 0 unspecified atom stereocenters. The summed E-state index contributed by atoms with van der Waals surface area (Å²) in [6.45, 7) is 0. The molecule has 0 aromatic heterocycles. The van der Waals surface area contributed by atoms with Crippen LogP contribution in [0.5, 0.6) is 0 Å². The summed E-state index contributed by atoms with van der Waals surface area (Å²) in [5, 5.41) is 0.381. The van der Waals surface area contributed by atoms with Crippen molar-refractivity contribution in [3.8, 4) is 0 Å². The maximum atomic E-state index is 12.4. The van der Waals surface area contributed by atoms with Crippen LogP contribution in [0.25, 0.3) is 0 Å². The molecule has 0 atom stereocenters. The largest absolute Gasteiger partial charge is 0.416 e. The number of ketones is 1. The number of alkyl halides is 3. The van der Waals surface area contributed by atoms with Crippen LogP contribution in [-0.4, -0.2) is 5.78 Å². The van der Waals surface area contributed by atoms with E-state index in [9.17, 15) is 18.0 Å².